The van der Waals surface area contributed by atoms with Gasteiger partial charge in [0.1, 0.15) is 6.54 Å². The summed E-state index contributed by atoms with van der Waals surface area (Å²) in [5.74, 6) is -2.19. The van der Waals surface area contributed by atoms with Crippen LogP contribution < -0.4 is 11.1 Å². The van der Waals surface area contributed by atoms with Crippen molar-refractivity contribution in [1.82, 2.24) is 10.2 Å². The van der Waals surface area contributed by atoms with Crippen molar-refractivity contribution in [2.75, 3.05) is 13.1 Å². The molecular weight excluding hydrogens is 238 g/mol. The van der Waals surface area contributed by atoms with E-state index in [0.29, 0.717) is 6.42 Å². The summed E-state index contributed by atoms with van der Waals surface area (Å²) in [7, 11) is 0. The van der Waals surface area contributed by atoms with Gasteiger partial charge in [-0.3, -0.25) is 9.59 Å². The summed E-state index contributed by atoms with van der Waals surface area (Å²) >= 11 is 0. The van der Waals surface area contributed by atoms with Crippen LogP contribution in [0.4, 0.5) is 4.79 Å². The van der Waals surface area contributed by atoms with Crippen LogP contribution in [0.15, 0.2) is 0 Å². The van der Waals surface area contributed by atoms with Gasteiger partial charge in [0.25, 0.3) is 0 Å². The summed E-state index contributed by atoms with van der Waals surface area (Å²) < 4.78 is 0. The third-order valence-electron chi connectivity index (χ3n) is 2.55. The second-order valence-corrected chi connectivity index (χ2v) is 4.32. The van der Waals surface area contributed by atoms with Crippen molar-refractivity contribution in [3.63, 3.8) is 0 Å². The molecule has 0 saturated carbocycles. The topological polar surface area (TPSA) is 113 Å². The van der Waals surface area contributed by atoms with Gasteiger partial charge in [0.05, 0.1) is 5.92 Å². The highest BCUT2D eigenvalue weighted by Crippen LogP contribution is 2.02. The number of primary amides is 1. The summed E-state index contributed by atoms with van der Waals surface area (Å²) in [6.45, 7) is 5.07. The first-order valence-corrected chi connectivity index (χ1v) is 5.85. The zero-order valence-electron chi connectivity index (χ0n) is 11.0. The molecular formula is C11H21N3O4. The van der Waals surface area contributed by atoms with Gasteiger partial charge in [-0.25, -0.2) is 4.79 Å². The molecule has 0 aliphatic heterocycles. The molecule has 0 heterocycles. The Balaban J connectivity index is 4.43. The zero-order valence-corrected chi connectivity index (χ0v) is 11.0. The molecule has 104 valence electrons. The second kappa shape index (κ2) is 7.52. The quantitative estimate of drug-likeness (QED) is 0.597. The molecule has 0 aliphatic rings. The predicted octanol–water partition coefficient (Wildman–Crippen LogP) is 0.00250. The molecule has 0 aliphatic carbocycles. The van der Waals surface area contributed by atoms with Crippen molar-refractivity contribution in [2.45, 2.75) is 33.2 Å². The number of carbonyl (C=O) groups excluding carboxylic acids is 2. The number of hydrogen-bond acceptors (Lipinski definition) is 3. The smallest absolute Gasteiger partial charge is 0.318 e. The van der Waals surface area contributed by atoms with Crippen LogP contribution in [0.3, 0.4) is 0 Å². The minimum atomic E-state index is -0.955. The van der Waals surface area contributed by atoms with Gasteiger partial charge in [-0.1, -0.05) is 6.92 Å². The molecule has 0 spiro atoms. The first-order chi connectivity index (χ1) is 8.29. The van der Waals surface area contributed by atoms with E-state index in [-0.39, 0.29) is 19.1 Å². The maximum atomic E-state index is 11.8. The zero-order chi connectivity index (χ0) is 14.3. The summed E-state index contributed by atoms with van der Waals surface area (Å²) in [4.78, 5) is 34.7. The van der Waals surface area contributed by atoms with E-state index >= 15 is 0 Å². The third kappa shape index (κ3) is 5.51. The average molecular weight is 259 g/mol. The maximum absolute atomic E-state index is 11.8. The Kier molecular flexibility index (Phi) is 6.77. The number of urea groups is 1. The fourth-order valence-electron chi connectivity index (χ4n) is 1.38. The second-order valence-electron chi connectivity index (χ2n) is 4.32. The first kappa shape index (κ1) is 16.2. The Morgan fingerprint density at radius 1 is 1.33 bits per heavy atom. The van der Waals surface area contributed by atoms with Crippen molar-refractivity contribution in [3.05, 3.63) is 0 Å². The van der Waals surface area contributed by atoms with Gasteiger partial charge < -0.3 is 21.1 Å². The van der Waals surface area contributed by atoms with Crippen molar-refractivity contribution >= 4 is 17.9 Å². The van der Waals surface area contributed by atoms with Crippen LogP contribution in [-0.2, 0) is 9.59 Å². The Bertz CT molecular complexity index is 317. The highest BCUT2D eigenvalue weighted by atomic mass is 16.4. The number of aliphatic carboxylic acids is 1. The molecule has 3 amide bonds. The van der Waals surface area contributed by atoms with E-state index in [2.05, 4.69) is 5.32 Å². The molecule has 0 aromatic carbocycles. The van der Waals surface area contributed by atoms with Crippen LogP contribution in [0.5, 0.6) is 0 Å². The largest absolute Gasteiger partial charge is 0.481 e. The number of nitrogens with zero attached hydrogens (tertiary/aromatic N) is 1. The number of hydrogen-bond donors (Lipinski definition) is 3. The molecule has 0 rings (SSSR count). The lowest BCUT2D eigenvalue weighted by Gasteiger charge is -2.26. The van der Waals surface area contributed by atoms with Gasteiger partial charge >= 0.3 is 12.0 Å². The van der Waals surface area contributed by atoms with Gasteiger partial charge in [-0.15, -0.1) is 0 Å². The van der Waals surface area contributed by atoms with E-state index in [0.717, 1.165) is 0 Å². The highest BCUT2D eigenvalue weighted by Gasteiger charge is 2.21. The average Bonchev–Trinajstić information content (AvgIpc) is 2.25. The van der Waals surface area contributed by atoms with E-state index in [9.17, 15) is 14.4 Å². The van der Waals surface area contributed by atoms with E-state index in [1.807, 2.05) is 0 Å². The number of nitrogens with one attached hydrogen (secondary N) is 1. The molecule has 1 atom stereocenters. The first-order valence-electron chi connectivity index (χ1n) is 5.85. The Morgan fingerprint density at radius 3 is 2.22 bits per heavy atom. The molecule has 7 nitrogen and oxygen atoms in total. The van der Waals surface area contributed by atoms with Crippen molar-refractivity contribution in [2.24, 2.45) is 11.7 Å². The van der Waals surface area contributed by atoms with Crippen LogP contribution in [-0.4, -0.2) is 47.0 Å². The standard InChI is InChI=1S/C11H21N3O4/c1-4-8(10(16)17)5-13-11(18)14(7(2)3)6-9(12)15/h7-8H,4-6H2,1-3H3,(H2,12,15)(H,13,18)(H,16,17). The third-order valence-corrected chi connectivity index (χ3v) is 2.55. The number of amides is 3. The molecule has 4 N–H and O–H groups in total. The molecule has 0 radical (unpaired) electrons. The monoisotopic (exact) mass is 259 g/mol. The Labute approximate surface area is 106 Å². The summed E-state index contributed by atoms with van der Waals surface area (Å²) in [5.41, 5.74) is 5.04. The van der Waals surface area contributed by atoms with Gasteiger partial charge in [-0.2, -0.15) is 0 Å². The van der Waals surface area contributed by atoms with Crippen LogP contribution in [0.25, 0.3) is 0 Å². The molecule has 0 aromatic heterocycles. The SMILES string of the molecule is CCC(CNC(=O)N(CC(N)=O)C(C)C)C(=O)O. The van der Waals surface area contributed by atoms with E-state index in [1.165, 1.54) is 4.90 Å². The number of rotatable bonds is 7. The van der Waals surface area contributed by atoms with Gasteiger partial charge in [-0.05, 0) is 20.3 Å². The lowest BCUT2D eigenvalue weighted by molar-refractivity contribution is -0.141. The number of nitrogens with two attached hydrogens (primary N) is 1. The summed E-state index contributed by atoms with van der Waals surface area (Å²) in [5, 5.41) is 11.3. The minimum absolute atomic E-state index is 0.0344. The number of carboxylic acids is 1. The van der Waals surface area contributed by atoms with Crippen LogP contribution >= 0.6 is 0 Å². The minimum Gasteiger partial charge on any atom is -0.481 e. The van der Waals surface area contributed by atoms with Gasteiger partial charge in [0.15, 0.2) is 0 Å². The van der Waals surface area contributed by atoms with Crippen LogP contribution in [0, 0.1) is 5.92 Å². The summed E-state index contributed by atoms with van der Waals surface area (Å²) in [6, 6.07) is -0.675. The summed E-state index contributed by atoms with van der Waals surface area (Å²) in [6.07, 6.45) is 0.424. The fourth-order valence-corrected chi connectivity index (χ4v) is 1.38. The molecule has 18 heavy (non-hydrogen) atoms. The van der Waals surface area contributed by atoms with Crippen LogP contribution in [0.1, 0.15) is 27.2 Å². The van der Waals surface area contributed by atoms with E-state index in [4.69, 9.17) is 10.8 Å². The van der Waals surface area contributed by atoms with Crippen molar-refractivity contribution in [3.8, 4) is 0 Å². The van der Waals surface area contributed by atoms with Gasteiger partial charge in [0, 0.05) is 12.6 Å². The highest BCUT2D eigenvalue weighted by molar-refractivity contribution is 5.83. The number of carboxylic acid groups (broad SMARTS) is 1. The maximum Gasteiger partial charge on any atom is 0.318 e. The number of carbonyl (C=O) groups is 3. The Hall–Kier alpha value is -1.79. The van der Waals surface area contributed by atoms with Gasteiger partial charge in [0.2, 0.25) is 5.91 Å². The molecule has 0 bridgehead atoms. The molecule has 1 unspecified atom stereocenters. The molecule has 0 saturated heterocycles. The fraction of sp³-hybridized carbons (Fsp3) is 0.727. The predicted molar refractivity (Wildman–Crippen MR) is 65.9 cm³/mol. The van der Waals surface area contributed by atoms with E-state index < -0.39 is 23.8 Å². The molecule has 0 aromatic rings. The van der Waals surface area contributed by atoms with Crippen molar-refractivity contribution < 1.29 is 19.5 Å². The Morgan fingerprint density at radius 2 is 1.89 bits per heavy atom. The van der Waals surface area contributed by atoms with E-state index in [1.54, 1.807) is 20.8 Å². The lowest BCUT2D eigenvalue weighted by Crippen LogP contribution is -2.49. The van der Waals surface area contributed by atoms with Crippen molar-refractivity contribution in [1.29, 1.82) is 0 Å². The lowest BCUT2D eigenvalue weighted by atomic mass is 10.1. The molecule has 0 fully saturated rings. The van der Waals surface area contributed by atoms with Crippen LogP contribution in [0.2, 0.25) is 0 Å². The molecule has 7 heteroatoms. The normalized spacial score (nSPS) is 12.0.